The zero-order chi connectivity index (χ0) is 8.27. The molecule has 2 nitrogen and oxygen atoms in total. The van der Waals surface area contributed by atoms with E-state index in [1.807, 2.05) is 0 Å². The first-order valence-electron chi connectivity index (χ1n) is 4.13. The van der Waals surface area contributed by atoms with Crippen LogP contribution < -0.4 is 5.73 Å². The van der Waals surface area contributed by atoms with Crippen LogP contribution in [0.2, 0.25) is 0 Å². The predicted octanol–water partition coefficient (Wildman–Crippen LogP) is 1.94. The largest absolute Gasteiger partial charge is 0.330 e. The average Bonchev–Trinajstić information content (AvgIpc) is 2.05. The topological polar surface area (TPSA) is 43.1 Å². The van der Waals surface area contributed by atoms with Gasteiger partial charge in [-0.25, -0.2) is 0 Å². The lowest BCUT2D eigenvalue weighted by molar-refractivity contribution is -0.116. The van der Waals surface area contributed by atoms with Gasteiger partial charge in [-0.2, -0.15) is 0 Å². The van der Waals surface area contributed by atoms with Crippen LogP contribution in [0.5, 0.6) is 0 Å². The summed E-state index contributed by atoms with van der Waals surface area (Å²) >= 11 is 5.38. The van der Waals surface area contributed by atoms with Crippen LogP contribution in [-0.2, 0) is 4.79 Å². The minimum absolute atomic E-state index is 0. The van der Waals surface area contributed by atoms with Crippen molar-refractivity contribution < 1.29 is 4.79 Å². The Bertz CT molecular complexity index is 144. The molecule has 0 heterocycles. The van der Waals surface area contributed by atoms with E-state index < -0.39 is 0 Å². The number of nitrogens with two attached hydrogens (primary N) is 1. The molecular weight excluding hydrogens is 197 g/mol. The summed E-state index contributed by atoms with van der Waals surface area (Å²) < 4.78 is 0. The Morgan fingerprint density at radius 3 is 2.17 bits per heavy atom. The van der Waals surface area contributed by atoms with E-state index in [0.717, 1.165) is 32.2 Å². The quantitative estimate of drug-likeness (QED) is 0.710. The lowest BCUT2D eigenvalue weighted by atomic mass is 9.83. The van der Waals surface area contributed by atoms with Crippen molar-refractivity contribution in [3.63, 3.8) is 0 Å². The molecule has 1 fully saturated rings. The number of rotatable bonds is 2. The van der Waals surface area contributed by atoms with E-state index in [1.54, 1.807) is 0 Å². The van der Waals surface area contributed by atoms with Crippen LogP contribution >= 0.6 is 24.0 Å². The first kappa shape index (κ1) is 12.2. The summed E-state index contributed by atoms with van der Waals surface area (Å²) in [6.07, 6.45) is 4.01. The molecule has 1 aliphatic carbocycles. The van der Waals surface area contributed by atoms with Crippen molar-refractivity contribution in [2.75, 3.05) is 6.54 Å². The van der Waals surface area contributed by atoms with Crippen molar-refractivity contribution in [2.24, 2.45) is 17.6 Å². The molecule has 2 N–H and O–H groups in total. The first-order valence-corrected chi connectivity index (χ1v) is 4.51. The number of hydrogen-bond donors (Lipinski definition) is 1. The summed E-state index contributed by atoms with van der Waals surface area (Å²) in [7, 11) is 0. The van der Waals surface area contributed by atoms with Crippen LogP contribution in [0.25, 0.3) is 0 Å². The van der Waals surface area contributed by atoms with Crippen molar-refractivity contribution in [3.8, 4) is 0 Å². The molecule has 0 radical (unpaired) electrons. The van der Waals surface area contributed by atoms with Gasteiger partial charge in [0.05, 0.1) is 0 Å². The third-order valence-electron chi connectivity index (χ3n) is 2.50. The molecule has 0 amide bonds. The van der Waals surface area contributed by atoms with Crippen LogP contribution in [0.1, 0.15) is 25.7 Å². The van der Waals surface area contributed by atoms with Crippen molar-refractivity contribution in [1.29, 1.82) is 0 Å². The van der Waals surface area contributed by atoms with Crippen LogP contribution in [0.4, 0.5) is 0 Å². The van der Waals surface area contributed by atoms with Gasteiger partial charge in [-0.1, -0.05) is 0 Å². The highest BCUT2D eigenvalue weighted by Crippen LogP contribution is 2.29. The number of halogens is 2. The molecule has 4 heteroatoms. The lowest BCUT2D eigenvalue weighted by Crippen LogP contribution is -2.23. The van der Waals surface area contributed by atoms with Gasteiger partial charge in [0.2, 0.25) is 5.24 Å². The molecule has 0 aromatic carbocycles. The zero-order valence-corrected chi connectivity index (χ0v) is 8.53. The fraction of sp³-hybridized carbons (Fsp3) is 0.875. The molecule has 0 aliphatic heterocycles. The van der Waals surface area contributed by atoms with E-state index in [9.17, 15) is 4.79 Å². The molecule has 12 heavy (non-hydrogen) atoms. The monoisotopic (exact) mass is 211 g/mol. The van der Waals surface area contributed by atoms with Crippen molar-refractivity contribution in [2.45, 2.75) is 25.7 Å². The fourth-order valence-corrected chi connectivity index (χ4v) is 1.84. The first-order chi connectivity index (χ1) is 5.24. The van der Waals surface area contributed by atoms with Gasteiger partial charge in [-0.3, -0.25) is 4.79 Å². The van der Waals surface area contributed by atoms with Crippen molar-refractivity contribution in [1.82, 2.24) is 0 Å². The molecule has 1 aliphatic rings. The van der Waals surface area contributed by atoms with Crippen molar-refractivity contribution >= 4 is 29.3 Å². The maximum atomic E-state index is 10.7. The number of hydrogen-bond acceptors (Lipinski definition) is 2. The third kappa shape index (κ3) is 3.30. The zero-order valence-electron chi connectivity index (χ0n) is 6.96. The van der Waals surface area contributed by atoms with Gasteiger partial charge in [-0.05, 0) is 49.7 Å². The molecule has 0 aromatic rings. The summed E-state index contributed by atoms with van der Waals surface area (Å²) in [4.78, 5) is 10.7. The van der Waals surface area contributed by atoms with Crippen LogP contribution in [0, 0.1) is 11.8 Å². The molecule has 0 saturated heterocycles. The van der Waals surface area contributed by atoms with Gasteiger partial charge >= 0.3 is 0 Å². The Morgan fingerprint density at radius 1 is 1.33 bits per heavy atom. The summed E-state index contributed by atoms with van der Waals surface area (Å²) in [6, 6.07) is 0. The molecule has 0 unspecified atom stereocenters. The van der Waals surface area contributed by atoms with E-state index in [4.69, 9.17) is 17.3 Å². The second kappa shape index (κ2) is 5.79. The molecule has 0 atom stereocenters. The summed E-state index contributed by atoms with van der Waals surface area (Å²) in [6.45, 7) is 0.753. The molecule has 0 aromatic heterocycles. The predicted molar refractivity (Wildman–Crippen MR) is 52.6 cm³/mol. The Balaban J connectivity index is 0.00000121. The third-order valence-corrected chi connectivity index (χ3v) is 2.81. The van der Waals surface area contributed by atoms with E-state index in [1.165, 1.54) is 0 Å². The highest BCUT2D eigenvalue weighted by Gasteiger charge is 2.23. The van der Waals surface area contributed by atoms with Gasteiger partial charge in [0, 0.05) is 5.92 Å². The van der Waals surface area contributed by atoms with E-state index in [2.05, 4.69) is 0 Å². The Kier molecular flexibility index (Phi) is 5.89. The maximum Gasteiger partial charge on any atom is 0.224 e. The molecule has 0 bridgehead atoms. The van der Waals surface area contributed by atoms with Gasteiger partial charge in [0.15, 0.2) is 0 Å². The Hall–Kier alpha value is 0.210. The average molecular weight is 212 g/mol. The minimum Gasteiger partial charge on any atom is -0.330 e. The van der Waals surface area contributed by atoms with Gasteiger partial charge in [-0.15, -0.1) is 12.4 Å². The minimum atomic E-state index is -0.166. The van der Waals surface area contributed by atoms with Crippen LogP contribution in [-0.4, -0.2) is 11.8 Å². The summed E-state index contributed by atoms with van der Waals surface area (Å²) in [5, 5.41) is -0.166. The number of carbonyl (C=O) groups is 1. The molecule has 0 spiro atoms. The standard InChI is InChI=1S/C8H14ClNO.ClH/c9-8(11)7-3-1-6(5-10)2-4-7;/h6-7H,1-5,10H2;1H/t6-,7-;. The fourth-order valence-electron chi connectivity index (χ4n) is 1.63. The Labute approximate surface area is 84.2 Å². The second-order valence-electron chi connectivity index (χ2n) is 3.26. The number of carbonyl (C=O) groups excluding carboxylic acids is 1. The highest BCUT2D eigenvalue weighted by molar-refractivity contribution is 6.63. The summed E-state index contributed by atoms with van der Waals surface area (Å²) in [5.74, 6) is 0.738. The van der Waals surface area contributed by atoms with E-state index in [-0.39, 0.29) is 23.6 Å². The smallest absolute Gasteiger partial charge is 0.224 e. The maximum absolute atomic E-state index is 10.7. The van der Waals surface area contributed by atoms with Gasteiger partial charge in [0.1, 0.15) is 0 Å². The SMILES string of the molecule is Cl.NC[C@H]1CC[C@H](C(=O)Cl)CC1. The molecule has 72 valence electrons. The van der Waals surface area contributed by atoms with Crippen LogP contribution in [0.15, 0.2) is 0 Å². The van der Waals surface area contributed by atoms with Gasteiger partial charge in [0.25, 0.3) is 0 Å². The molecular formula is C8H15Cl2NO. The normalized spacial score (nSPS) is 29.2. The van der Waals surface area contributed by atoms with E-state index >= 15 is 0 Å². The van der Waals surface area contributed by atoms with Gasteiger partial charge < -0.3 is 5.73 Å². The summed E-state index contributed by atoms with van der Waals surface area (Å²) in [5.41, 5.74) is 5.51. The van der Waals surface area contributed by atoms with E-state index in [0.29, 0.717) is 5.92 Å². The Morgan fingerprint density at radius 2 is 1.83 bits per heavy atom. The molecule has 1 saturated carbocycles. The highest BCUT2D eigenvalue weighted by atomic mass is 35.5. The molecule has 1 rings (SSSR count). The van der Waals surface area contributed by atoms with Crippen LogP contribution in [0.3, 0.4) is 0 Å². The van der Waals surface area contributed by atoms with Crippen molar-refractivity contribution in [3.05, 3.63) is 0 Å². The lowest BCUT2D eigenvalue weighted by Gasteiger charge is -2.24. The second-order valence-corrected chi connectivity index (χ2v) is 3.63.